The number of thiophene rings is 1. The van der Waals surface area contributed by atoms with Gasteiger partial charge >= 0.3 is 5.97 Å². The Morgan fingerprint density at radius 2 is 2.10 bits per heavy atom. The minimum atomic E-state index is -1.32. The van der Waals surface area contributed by atoms with Crippen molar-refractivity contribution in [1.29, 1.82) is 0 Å². The van der Waals surface area contributed by atoms with Crippen LogP contribution in [-0.2, 0) is 0 Å². The second kappa shape index (κ2) is 7.62. The maximum absolute atomic E-state index is 15.4. The quantitative estimate of drug-likeness (QED) is 0.624. The van der Waals surface area contributed by atoms with Crippen molar-refractivity contribution in [1.82, 2.24) is 9.47 Å². The van der Waals surface area contributed by atoms with Crippen molar-refractivity contribution < 1.29 is 14.3 Å². The number of aromatic nitrogens is 1. The minimum absolute atomic E-state index is 0.0157. The number of likely N-dealkylation sites (N-methyl/N-ethyl adjacent to an activating group) is 1. The van der Waals surface area contributed by atoms with Gasteiger partial charge in [0, 0.05) is 36.8 Å². The molecule has 162 valence electrons. The van der Waals surface area contributed by atoms with E-state index in [1.165, 1.54) is 11.1 Å². The molecule has 9 heteroatoms. The van der Waals surface area contributed by atoms with Crippen LogP contribution in [0.1, 0.15) is 40.2 Å². The van der Waals surface area contributed by atoms with Crippen LogP contribution in [0.5, 0.6) is 0 Å². The average Bonchev–Trinajstić information content (AvgIpc) is 3.43. The van der Waals surface area contributed by atoms with Crippen LogP contribution in [0, 0.1) is 5.82 Å². The van der Waals surface area contributed by atoms with Crippen LogP contribution in [0.2, 0.25) is 5.02 Å². The molecule has 1 N–H and O–H groups in total. The SMILES string of the molecule is CN1CCN(c2c(F)cc3c(=O)c(C(=O)O)cn(C4CC4)c3c2Cl)CC1c1cccs1. The summed E-state index contributed by atoms with van der Waals surface area (Å²) in [5.41, 5.74) is -0.371. The summed E-state index contributed by atoms with van der Waals surface area (Å²) >= 11 is 8.44. The third-order valence-corrected chi connectivity index (χ3v) is 7.52. The Labute approximate surface area is 187 Å². The lowest BCUT2D eigenvalue weighted by Gasteiger charge is -2.40. The molecular formula is C22H21ClFN3O3S. The fourth-order valence-corrected chi connectivity index (χ4v) is 5.67. The molecule has 31 heavy (non-hydrogen) atoms. The minimum Gasteiger partial charge on any atom is -0.477 e. The summed E-state index contributed by atoms with van der Waals surface area (Å²) in [6.45, 7) is 1.91. The van der Waals surface area contributed by atoms with Crippen LogP contribution < -0.4 is 10.3 Å². The summed E-state index contributed by atoms with van der Waals surface area (Å²) < 4.78 is 17.1. The number of piperazine rings is 1. The van der Waals surface area contributed by atoms with Gasteiger partial charge in [0.2, 0.25) is 5.43 Å². The number of nitrogens with zero attached hydrogens (tertiary/aromatic N) is 3. The first-order valence-electron chi connectivity index (χ1n) is 10.2. The predicted octanol–water partition coefficient (Wildman–Crippen LogP) is 4.38. The van der Waals surface area contributed by atoms with Crippen LogP contribution in [0.4, 0.5) is 10.1 Å². The van der Waals surface area contributed by atoms with Gasteiger partial charge in [-0.15, -0.1) is 11.3 Å². The number of hydrogen-bond acceptors (Lipinski definition) is 5. The van der Waals surface area contributed by atoms with Gasteiger partial charge in [-0.2, -0.15) is 0 Å². The lowest BCUT2D eigenvalue weighted by atomic mass is 10.1. The summed E-state index contributed by atoms with van der Waals surface area (Å²) in [7, 11) is 2.05. The Balaban J connectivity index is 1.66. The average molecular weight is 462 g/mol. The topological polar surface area (TPSA) is 65.8 Å². The molecule has 1 aromatic carbocycles. The molecule has 0 radical (unpaired) electrons. The van der Waals surface area contributed by atoms with E-state index in [0.717, 1.165) is 25.5 Å². The fourth-order valence-electron chi connectivity index (χ4n) is 4.38. The number of rotatable bonds is 4. The molecule has 2 aromatic heterocycles. The highest BCUT2D eigenvalue weighted by Crippen LogP contribution is 2.43. The molecular weight excluding hydrogens is 441 g/mol. The summed E-state index contributed by atoms with van der Waals surface area (Å²) in [5.74, 6) is -1.92. The van der Waals surface area contributed by atoms with E-state index in [-0.39, 0.29) is 33.7 Å². The highest BCUT2D eigenvalue weighted by Gasteiger charge is 2.33. The standard InChI is InChI=1S/C22H21ClFN3O3S/c1-25-6-7-26(11-16(25)17-3-2-8-31-17)20-15(24)9-13-19(18(20)23)27(12-4-5-12)10-14(21(13)28)22(29)30/h2-3,8-10,12,16H,4-7,11H2,1H3,(H,29,30). The number of benzene rings is 1. The van der Waals surface area contributed by atoms with Gasteiger partial charge < -0.3 is 14.6 Å². The van der Waals surface area contributed by atoms with Gasteiger partial charge in [0.15, 0.2) is 0 Å². The Hall–Kier alpha value is -2.42. The lowest BCUT2D eigenvalue weighted by Crippen LogP contribution is -2.47. The first-order valence-corrected chi connectivity index (χ1v) is 11.4. The number of carboxylic acids is 1. The third-order valence-electron chi connectivity index (χ3n) is 6.19. The van der Waals surface area contributed by atoms with Crippen molar-refractivity contribution in [2.75, 3.05) is 31.6 Å². The Bertz CT molecular complexity index is 1240. The highest BCUT2D eigenvalue weighted by molar-refractivity contribution is 7.10. The molecule has 6 nitrogen and oxygen atoms in total. The van der Waals surface area contributed by atoms with Gasteiger partial charge in [-0.25, -0.2) is 9.18 Å². The van der Waals surface area contributed by atoms with E-state index in [1.807, 2.05) is 16.3 Å². The molecule has 2 fully saturated rings. The summed E-state index contributed by atoms with van der Waals surface area (Å²) in [6.07, 6.45) is 3.10. The molecule has 1 unspecified atom stereocenters. The van der Waals surface area contributed by atoms with Crippen molar-refractivity contribution in [2.24, 2.45) is 0 Å². The summed E-state index contributed by atoms with van der Waals surface area (Å²) in [5, 5.41) is 11.7. The van der Waals surface area contributed by atoms with E-state index in [2.05, 4.69) is 18.0 Å². The van der Waals surface area contributed by atoms with Crippen LogP contribution in [-0.4, -0.2) is 47.2 Å². The van der Waals surface area contributed by atoms with E-state index in [4.69, 9.17) is 11.6 Å². The van der Waals surface area contributed by atoms with Crippen LogP contribution >= 0.6 is 22.9 Å². The van der Waals surface area contributed by atoms with Gasteiger partial charge in [0.1, 0.15) is 11.4 Å². The van der Waals surface area contributed by atoms with Crippen LogP contribution in [0.15, 0.2) is 34.6 Å². The van der Waals surface area contributed by atoms with E-state index in [9.17, 15) is 14.7 Å². The van der Waals surface area contributed by atoms with Crippen molar-refractivity contribution in [2.45, 2.75) is 24.9 Å². The Morgan fingerprint density at radius 1 is 1.32 bits per heavy atom. The van der Waals surface area contributed by atoms with Crippen LogP contribution in [0.25, 0.3) is 10.9 Å². The first kappa shape index (κ1) is 20.5. The number of aromatic carboxylic acids is 1. The maximum Gasteiger partial charge on any atom is 0.341 e. The second-order valence-electron chi connectivity index (χ2n) is 8.19. The second-order valence-corrected chi connectivity index (χ2v) is 9.55. The number of hydrogen-bond donors (Lipinski definition) is 1. The zero-order valence-corrected chi connectivity index (χ0v) is 18.4. The number of halogens is 2. The monoisotopic (exact) mass is 461 g/mol. The molecule has 1 aliphatic carbocycles. The number of anilines is 1. The van der Waals surface area contributed by atoms with E-state index >= 15 is 4.39 Å². The number of pyridine rings is 1. The normalized spacial score (nSPS) is 19.8. The molecule has 1 aliphatic heterocycles. The molecule has 0 amide bonds. The molecule has 2 aliphatic rings. The molecule has 3 aromatic rings. The summed E-state index contributed by atoms with van der Waals surface area (Å²) in [6, 6.07) is 5.42. The van der Waals surface area contributed by atoms with E-state index < -0.39 is 17.2 Å². The van der Waals surface area contributed by atoms with Crippen molar-refractivity contribution >= 4 is 45.5 Å². The van der Waals surface area contributed by atoms with Gasteiger partial charge in [-0.1, -0.05) is 17.7 Å². The van der Waals surface area contributed by atoms with E-state index in [1.54, 1.807) is 15.9 Å². The molecule has 5 rings (SSSR count). The zero-order chi connectivity index (χ0) is 21.9. The third kappa shape index (κ3) is 3.43. The molecule has 1 atom stereocenters. The number of fused-ring (bicyclic) bond motifs is 1. The first-order chi connectivity index (χ1) is 14.9. The van der Waals surface area contributed by atoms with Crippen molar-refractivity contribution in [3.63, 3.8) is 0 Å². The van der Waals surface area contributed by atoms with Gasteiger partial charge in [-0.3, -0.25) is 9.69 Å². The lowest BCUT2D eigenvalue weighted by molar-refractivity contribution is 0.0695. The molecule has 0 bridgehead atoms. The van der Waals surface area contributed by atoms with E-state index in [0.29, 0.717) is 18.6 Å². The zero-order valence-electron chi connectivity index (χ0n) is 16.8. The number of carbonyl (C=O) groups is 1. The fraction of sp³-hybridized carbons (Fsp3) is 0.364. The van der Waals surface area contributed by atoms with Crippen LogP contribution in [0.3, 0.4) is 0 Å². The largest absolute Gasteiger partial charge is 0.477 e. The van der Waals surface area contributed by atoms with Gasteiger partial charge in [0.25, 0.3) is 0 Å². The molecule has 3 heterocycles. The van der Waals surface area contributed by atoms with Gasteiger partial charge in [0.05, 0.1) is 27.7 Å². The van der Waals surface area contributed by atoms with Crippen molar-refractivity contribution in [3.8, 4) is 0 Å². The summed E-state index contributed by atoms with van der Waals surface area (Å²) in [4.78, 5) is 29.7. The molecule has 1 saturated heterocycles. The maximum atomic E-state index is 15.4. The Kier molecular flexibility index (Phi) is 5.03. The number of carboxylic acid groups (broad SMARTS) is 1. The molecule has 1 saturated carbocycles. The Morgan fingerprint density at radius 3 is 2.74 bits per heavy atom. The predicted molar refractivity (Wildman–Crippen MR) is 120 cm³/mol. The van der Waals surface area contributed by atoms with Crippen molar-refractivity contribution in [3.05, 3.63) is 61.3 Å². The highest BCUT2D eigenvalue weighted by atomic mass is 35.5. The molecule has 0 spiro atoms. The van der Waals surface area contributed by atoms with Gasteiger partial charge in [-0.05, 0) is 37.4 Å². The smallest absolute Gasteiger partial charge is 0.341 e.